The molecule has 1 aromatic carbocycles. The van der Waals surface area contributed by atoms with Crippen molar-refractivity contribution < 1.29 is 31.8 Å². The van der Waals surface area contributed by atoms with Gasteiger partial charge < -0.3 is 5.11 Å². The fourth-order valence-corrected chi connectivity index (χ4v) is 1.29. The largest absolute Gasteiger partial charge is 0.504 e. The predicted molar refractivity (Wildman–Crippen MR) is 57.4 cm³/mol. The van der Waals surface area contributed by atoms with Crippen LogP contribution in [0.5, 0.6) is 0 Å². The SMILES string of the molecule is CC(=O)/C(O)=C(/C(C)=O)c1ccccc1.[Cu]. The zero-order chi connectivity index (χ0) is 11.4. The Balaban J connectivity index is 0.00000225. The maximum atomic E-state index is 11.3. The molecule has 1 radical (unpaired) electrons. The topological polar surface area (TPSA) is 54.4 Å². The summed E-state index contributed by atoms with van der Waals surface area (Å²) in [5.41, 5.74) is 0.626. The van der Waals surface area contributed by atoms with Crippen molar-refractivity contribution in [2.75, 3.05) is 0 Å². The van der Waals surface area contributed by atoms with Crippen molar-refractivity contribution in [3.63, 3.8) is 0 Å². The molecule has 0 aliphatic heterocycles. The molecule has 3 nitrogen and oxygen atoms in total. The number of benzene rings is 1. The van der Waals surface area contributed by atoms with Gasteiger partial charge in [0.1, 0.15) is 0 Å². The quantitative estimate of drug-likeness (QED) is 0.519. The Hall–Kier alpha value is -1.38. The van der Waals surface area contributed by atoms with E-state index < -0.39 is 11.5 Å². The van der Waals surface area contributed by atoms with Crippen molar-refractivity contribution >= 4 is 17.1 Å². The molecule has 0 saturated heterocycles. The summed E-state index contributed by atoms with van der Waals surface area (Å²) in [6.45, 7) is 2.54. The molecule has 0 amide bonds. The first-order chi connectivity index (χ1) is 7.04. The number of allylic oxidation sites excluding steroid dienone is 2. The van der Waals surface area contributed by atoms with Crippen LogP contribution >= 0.6 is 0 Å². The molecule has 89 valence electrons. The van der Waals surface area contributed by atoms with Gasteiger partial charge in [-0.15, -0.1) is 0 Å². The molecule has 16 heavy (non-hydrogen) atoms. The molecule has 0 aliphatic carbocycles. The van der Waals surface area contributed by atoms with E-state index in [1.807, 2.05) is 0 Å². The van der Waals surface area contributed by atoms with Crippen molar-refractivity contribution in [3.05, 3.63) is 41.7 Å². The molecule has 1 rings (SSSR count). The Morgan fingerprint density at radius 1 is 1.00 bits per heavy atom. The molecular weight excluding hydrogens is 256 g/mol. The van der Waals surface area contributed by atoms with Crippen LogP contribution in [-0.2, 0) is 26.7 Å². The second-order valence-corrected chi connectivity index (χ2v) is 3.20. The van der Waals surface area contributed by atoms with Gasteiger partial charge in [-0.2, -0.15) is 0 Å². The Bertz CT molecular complexity index is 421. The van der Waals surface area contributed by atoms with Crippen molar-refractivity contribution in [2.24, 2.45) is 0 Å². The average Bonchev–Trinajstić information content (AvgIpc) is 2.18. The van der Waals surface area contributed by atoms with Crippen molar-refractivity contribution in [1.82, 2.24) is 0 Å². The zero-order valence-electron chi connectivity index (χ0n) is 8.95. The van der Waals surface area contributed by atoms with E-state index >= 15 is 0 Å². The van der Waals surface area contributed by atoms with Crippen LogP contribution in [0.1, 0.15) is 19.4 Å². The minimum Gasteiger partial charge on any atom is -0.504 e. The van der Waals surface area contributed by atoms with E-state index in [4.69, 9.17) is 0 Å². The second kappa shape index (κ2) is 6.26. The molecule has 0 fully saturated rings. The van der Waals surface area contributed by atoms with Gasteiger partial charge in [0.15, 0.2) is 17.3 Å². The standard InChI is InChI=1S/C12H12O3.Cu/c1-8(13)11(12(15)9(2)14)10-6-4-3-5-7-10;/h3-7,15H,1-2H3;/b12-11+;. The van der Waals surface area contributed by atoms with Crippen LogP contribution in [0.2, 0.25) is 0 Å². The molecule has 0 aliphatic rings. The number of carbonyl (C=O) groups is 2. The van der Waals surface area contributed by atoms with E-state index in [2.05, 4.69) is 0 Å². The molecule has 0 atom stereocenters. The molecule has 0 spiro atoms. The molecule has 0 unspecified atom stereocenters. The third-order valence-electron chi connectivity index (χ3n) is 1.98. The van der Waals surface area contributed by atoms with E-state index in [1.54, 1.807) is 30.3 Å². The van der Waals surface area contributed by atoms with Crippen LogP contribution in [0.4, 0.5) is 0 Å². The van der Waals surface area contributed by atoms with Gasteiger partial charge in [0.05, 0.1) is 5.57 Å². The number of aliphatic hydroxyl groups excluding tert-OH is 1. The van der Waals surface area contributed by atoms with E-state index in [0.29, 0.717) is 5.56 Å². The molecule has 1 aromatic rings. The summed E-state index contributed by atoms with van der Waals surface area (Å²) in [6, 6.07) is 8.63. The van der Waals surface area contributed by atoms with Gasteiger partial charge in [-0.3, -0.25) is 9.59 Å². The molecule has 1 N–H and O–H groups in total. The van der Waals surface area contributed by atoms with E-state index in [9.17, 15) is 14.7 Å². The summed E-state index contributed by atoms with van der Waals surface area (Å²) in [4.78, 5) is 22.3. The molecule has 0 bridgehead atoms. The average molecular weight is 268 g/mol. The third-order valence-corrected chi connectivity index (χ3v) is 1.98. The van der Waals surface area contributed by atoms with E-state index in [0.717, 1.165) is 0 Å². The van der Waals surface area contributed by atoms with Crippen molar-refractivity contribution in [2.45, 2.75) is 13.8 Å². The zero-order valence-corrected chi connectivity index (χ0v) is 9.89. The van der Waals surface area contributed by atoms with Gasteiger partial charge in [-0.25, -0.2) is 0 Å². The van der Waals surface area contributed by atoms with Crippen LogP contribution in [-0.4, -0.2) is 16.7 Å². The van der Waals surface area contributed by atoms with E-state index in [-0.39, 0.29) is 28.4 Å². The van der Waals surface area contributed by atoms with Gasteiger partial charge in [0.25, 0.3) is 0 Å². The number of Topliss-reactive ketones (excluding diaryl/α,β-unsaturated/α-hetero) is 2. The number of aliphatic hydroxyl groups is 1. The maximum Gasteiger partial charge on any atom is 0.194 e. The summed E-state index contributed by atoms with van der Waals surface area (Å²) in [5.74, 6) is -1.31. The van der Waals surface area contributed by atoms with Crippen LogP contribution in [0.15, 0.2) is 36.1 Å². The van der Waals surface area contributed by atoms with Gasteiger partial charge in [0.2, 0.25) is 0 Å². The number of ketones is 2. The number of rotatable bonds is 3. The van der Waals surface area contributed by atoms with Gasteiger partial charge >= 0.3 is 0 Å². The van der Waals surface area contributed by atoms with Crippen LogP contribution in [0.25, 0.3) is 5.57 Å². The third kappa shape index (κ3) is 3.33. The Morgan fingerprint density at radius 2 is 1.50 bits per heavy atom. The smallest absolute Gasteiger partial charge is 0.194 e. The monoisotopic (exact) mass is 267 g/mol. The fourth-order valence-electron chi connectivity index (χ4n) is 1.29. The first-order valence-electron chi connectivity index (χ1n) is 4.54. The van der Waals surface area contributed by atoms with Gasteiger partial charge in [-0.05, 0) is 12.5 Å². The molecule has 0 saturated carbocycles. The maximum absolute atomic E-state index is 11.3. The molecular formula is C12H12CuO3. The van der Waals surface area contributed by atoms with Crippen molar-refractivity contribution in [1.29, 1.82) is 0 Å². The summed E-state index contributed by atoms with van der Waals surface area (Å²) in [5, 5.41) is 9.52. The molecule has 0 heterocycles. The molecule has 0 aromatic heterocycles. The predicted octanol–water partition coefficient (Wildman–Crippen LogP) is 2.13. The normalized spacial score (nSPS) is 11.1. The van der Waals surface area contributed by atoms with Crippen LogP contribution in [0.3, 0.4) is 0 Å². The van der Waals surface area contributed by atoms with Crippen LogP contribution in [0, 0.1) is 0 Å². The minimum atomic E-state index is -0.510. The Kier molecular flexibility index (Phi) is 5.72. The first kappa shape index (κ1) is 14.6. The molecule has 4 heteroatoms. The van der Waals surface area contributed by atoms with Crippen LogP contribution < -0.4 is 0 Å². The summed E-state index contributed by atoms with van der Waals surface area (Å²) in [6.07, 6.45) is 0. The Morgan fingerprint density at radius 3 is 1.88 bits per heavy atom. The van der Waals surface area contributed by atoms with E-state index in [1.165, 1.54) is 13.8 Å². The second-order valence-electron chi connectivity index (χ2n) is 3.20. The minimum absolute atomic E-state index is 0. The number of carbonyl (C=O) groups excluding carboxylic acids is 2. The van der Waals surface area contributed by atoms with Crippen molar-refractivity contribution in [3.8, 4) is 0 Å². The fraction of sp³-hybridized carbons (Fsp3) is 0.167. The number of hydrogen-bond acceptors (Lipinski definition) is 3. The first-order valence-corrected chi connectivity index (χ1v) is 4.54. The van der Waals surface area contributed by atoms with Gasteiger partial charge in [0, 0.05) is 24.0 Å². The Labute approximate surface area is 105 Å². The summed E-state index contributed by atoms with van der Waals surface area (Å²) >= 11 is 0. The summed E-state index contributed by atoms with van der Waals surface area (Å²) in [7, 11) is 0. The number of hydrogen-bond donors (Lipinski definition) is 1. The summed E-state index contributed by atoms with van der Waals surface area (Å²) < 4.78 is 0. The van der Waals surface area contributed by atoms with Gasteiger partial charge in [-0.1, -0.05) is 30.3 Å².